The molecule has 2 bridgehead atoms. The maximum absolute atomic E-state index is 4.47. The molecule has 3 fully saturated rings. The minimum absolute atomic E-state index is 0.0772. The summed E-state index contributed by atoms with van der Waals surface area (Å²) in [5.74, 6) is 0.891. The van der Waals surface area contributed by atoms with Gasteiger partial charge >= 0.3 is 0 Å². The Morgan fingerprint density at radius 1 is 1.32 bits per heavy atom. The molecular weight excluding hydrogens is 236 g/mol. The Hall–Kier alpha value is -0.870. The molecule has 0 amide bonds. The van der Waals surface area contributed by atoms with Crippen LogP contribution >= 0.6 is 0 Å². The summed E-state index contributed by atoms with van der Waals surface area (Å²) in [6, 6.07) is 0.681. The van der Waals surface area contributed by atoms with Crippen molar-refractivity contribution in [2.24, 2.45) is 5.92 Å². The summed E-state index contributed by atoms with van der Waals surface area (Å²) < 4.78 is 2.06. The van der Waals surface area contributed by atoms with Crippen molar-refractivity contribution >= 4 is 0 Å². The highest BCUT2D eigenvalue weighted by atomic mass is 15.3. The van der Waals surface area contributed by atoms with Crippen molar-refractivity contribution in [1.29, 1.82) is 0 Å². The fraction of sp³-hybridized carbons (Fsp3) is 0.800. The molecule has 1 N–H and O–H groups in total. The van der Waals surface area contributed by atoms with Crippen LogP contribution in [0.3, 0.4) is 0 Å². The van der Waals surface area contributed by atoms with Crippen LogP contribution < -0.4 is 5.32 Å². The molecule has 3 aliphatic rings. The van der Waals surface area contributed by atoms with E-state index in [2.05, 4.69) is 47.0 Å². The maximum Gasteiger partial charge on any atom is 0.0543 e. The van der Waals surface area contributed by atoms with E-state index < -0.39 is 0 Å². The van der Waals surface area contributed by atoms with Crippen LogP contribution in [-0.4, -0.2) is 40.4 Å². The lowest BCUT2D eigenvalue weighted by atomic mass is 9.84. The largest absolute Gasteiger partial charge is 0.308 e. The van der Waals surface area contributed by atoms with E-state index in [1.807, 2.05) is 6.20 Å². The SMILES string of the molecule is CC(C)(C)n1cc(CNC2CN3CCC2CC3)cn1. The molecule has 0 aromatic carbocycles. The topological polar surface area (TPSA) is 33.1 Å². The molecule has 1 aromatic rings. The number of fused-ring (bicyclic) bond motifs is 3. The van der Waals surface area contributed by atoms with Gasteiger partial charge in [-0.2, -0.15) is 5.10 Å². The van der Waals surface area contributed by atoms with Gasteiger partial charge < -0.3 is 10.2 Å². The van der Waals surface area contributed by atoms with Crippen molar-refractivity contribution in [3.8, 4) is 0 Å². The fourth-order valence-corrected chi connectivity index (χ4v) is 3.26. The summed E-state index contributed by atoms with van der Waals surface area (Å²) in [7, 11) is 0. The molecule has 0 spiro atoms. The van der Waals surface area contributed by atoms with Crippen LogP contribution in [-0.2, 0) is 12.1 Å². The second-order valence-corrected chi connectivity index (χ2v) is 7.09. The van der Waals surface area contributed by atoms with Gasteiger partial charge in [0.25, 0.3) is 0 Å². The molecule has 1 unspecified atom stereocenters. The van der Waals surface area contributed by atoms with Crippen LogP contribution in [0.5, 0.6) is 0 Å². The van der Waals surface area contributed by atoms with E-state index in [0.717, 1.165) is 12.5 Å². The molecule has 106 valence electrons. The van der Waals surface area contributed by atoms with Crippen LogP contribution in [0, 0.1) is 5.92 Å². The molecule has 3 aliphatic heterocycles. The average molecular weight is 262 g/mol. The van der Waals surface area contributed by atoms with E-state index in [9.17, 15) is 0 Å². The van der Waals surface area contributed by atoms with Crippen molar-refractivity contribution in [3.05, 3.63) is 18.0 Å². The van der Waals surface area contributed by atoms with Crippen LogP contribution in [0.4, 0.5) is 0 Å². The standard InChI is InChI=1S/C15H26N4/c1-15(2,3)19-10-12(9-17-19)8-16-14-11-18-6-4-13(14)5-7-18/h9-10,13-14,16H,4-8,11H2,1-3H3. The first-order valence-electron chi connectivity index (χ1n) is 7.52. The number of aromatic nitrogens is 2. The first-order valence-corrected chi connectivity index (χ1v) is 7.52. The Morgan fingerprint density at radius 2 is 2.05 bits per heavy atom. The van der Waals surface area contributed by atoms with E-state index in [1.165, 1.54) is 38.0 Å². The zero-order valence-corrected chi connectivity index (χ0v) is 12.4. The quantitative estimate of drug-likeness (QED) is 0.902. The molecule has 1 atom stereocenters. The van der Waals surface area contributed by atoms with Crippen LogP contribution in [0.1, 0.15) is 39.2 Å². The van der Waals surface area contributed by atoms with Crippen molar-refractivity contribution in [2.75, 3.05) is 19.6 Å². The van der Waals surface area contributed by atoms with E-state index in [4.69, 9.17) is 0 Å². The Morgan fingerprint density at radius 3 is 2.58 bits per heavy atom. The summed E-state index contributed by atoms with van der Waals surface area (Å²) in [6.45, 7) is 11.4. The summed E-state index contributed by atoms with van der Waals surface area (Å²) in [5, 5.41) is 8.20. The third-order valence-corrected chi connectivity index (χ3v) is 4.55. The molecule has 0 aliphatic carbocycles. The van der Waals surface area contributed by atoms with Gasteiger partial charge in [-0.15, -0.1) is 0 Å². The third-order valence-electron chi connectivity index (χ3n) is 4.55. The number of piperidine rings is 3. The van der Waals surface area contributed by atoms with Crippen LogP contribution in [0.2, 0.25) is 0 Å². The number of hydrogen-bond acceptors (Lipinski definition) is 3. The van der Waals surface area contributed by atoms with Gasteiger partial charge in [0.05, 0.1) is 11.7 Å². The Kier molecular flexibility index (Phi) is 3.39. The predicted octanol–water partition coefficient (Wildman–Crippen LogP) is 1.82. The molecular formula is C15H26N4. The summed E-state index contributed by atoms with van der Waals surface area (Å²) in [6.07, 6.45) is 6.92. The van der Waals surface area contributed by atoms with E-state index >= 15 is 0 Å². The first-order chi connectivity index (χ1) is 9.02. The zero-order valence-electron chi connectivity index (χ0n) is 12.4. The Labute approximate surface area is 116 Å². The van der Waals surface area contributed by atoms with E-state index in [0.29, 0.717) is 6.04 Å². The highest BCUT2D eigenvalue weighted by Crippen LogP contribution is 2.27. The van der Waals surface area contributed by atoms with Crippen molar-refractivity contribution < 1.29 is 0 Å². The molecule has 4 rings (SSSR count). The minimum atomic E-state index is 0.0772. The Balaban J connectivity index is 1.56. The molecule has 0 saturated carbocycles. The molecule has 0 radical (unpaired) electrons. The van der Waals surface area contributed by atoms with E-state index in [1.54, 1.807) is 0 Å². The van der Waals surface area contributed by atoms with Gasteiger partial charge in [0.15, 0.2) is 0 Å². The molecule has 4 heteroatoms. The highest BCUT2D eigenvalue weighted by molar-refractivity contribution is 5.06. The lowest BCUT2D eigenvalue weighted by Gasteiger charge is -2.45. The second kappa shape index (κ2) is 4.91. The number of hydrogen-bond donors (Lipinski definition) is 1. The fourth-order valence-electron chi connectivity index (χ4n) is 3.26. The van der Waals surface area contributed by atoms with Gasteiger partial charge in [0, 0.05) is 30.9 Å². The molecule has 19 heavy (non-hydrogen) atoms. The normalized spacial score (nSPS) is 30.8. The van der Waals surface area contributed by atoms with Gasteiger partial charge in [-0.3, -0.25) is 4.68 Å². The molecule has 4 heterocycles. The molecule has 1 aromatic heterocycles. The van der Waals surface area contributed by atoms with Gasteiger partial charge in [-0.1, -0.05) is 0 Å². The second-order valence-electron chi connectivity index (χ2n) is 7.09. The van der Waals surface area contributed by atoms with Gasteiger partial charge in [-0.05, 0) is 52.6 Å². The predicted molar refractivity (Wildman–Crippen MR) is 77.0 cm³/mol. The smallest absolute Gasteiger partial charge is 0.0543 e. The van der Waals surface area contributed by atoms with E-state index in [-0.39, 0.29) is 5.54 Å². The third kappa shape index (κ3) is 2.84. The number of nitrogens with one attached hydrogen (secondary N) is 1. The van der Waals surface area contributed by atoms with Gasteiger partial charge in [0.1, 0.15) is 0 Å². The summed E-state index contributed by atoms with van der Waals surface area (Å²) in [5.41, 5.74) is 1.37. The average Bonchev–Trinajstić information content (AvgIpc) is 2.86. The van der Waals surface area contributed by atoms with Crippen molar-refractivity contribution in [2.45, 2.75) is 51.7 Å². The summed E-state index contributed by atoms with van der Waals surface area (Å²) in [4.78, 5) is 2.59. The summed E-state index contributed by atoms with van der Waals surface area (Å²) >= 11 is 0. The molecule has 4 nitrogen and oxygen atoms in total. The monoisotopic (exact) mass is 262 g/mol. The maximum atomic E-state index is 4.47. The molecule has 3 saturated heterocycles. The van der Waals surface area contributed by atoms with Crippen LogP contribution in [0.25, 0.3) is 0 Å². The van der Waals surface area contributed by atoms with Crippen molar-refractivity contribution in [1.82, 2.24) is 20.0 Å². The van der Waals surface area contributed by atoms with Crippen LogP contribution in [0.15, 0.2) is 12.4 Å². The van der Waals surface area contributed by atoms with Gasteiger partial charge in [-0.25, -0.2) is 0 Å². The zero-order chi connectivity index (χ0) is 13.5. The lowest BCUT2D eigenvalue weighted by Crippen LogP contribution is -2.55. The highest BCUT2D eigenvalue weighted by Gasteiger charge is 2.33. The number of nitrogens with zero attached hydrogens (tertiary/aromatic N) is 3. The first kappa shape index (κ1) is 13.1. The Bertz CT molecular complexity index is 424. The lowest BCUT2D eigenvalue weighted by molar-refractivity contribution is 0.0720. The van der Waals surface area contributed by atoms with Gasteiger partial charge in [0.2, 0.25) is 0 Å². The van der Waals surface area contributed by atoms with Crippen molar-refractivity contribution in [3.63, 3.8) is 0 Å². The number of rotatable bonds is 3. The minimum Gasteiger partial charge on any atom is -0.308 e.